The molecule has 0 saturated carbocycles. The molecule has 0 saturated heterocycles. The molecule has 7 heteroatoms. The molecule has 1 heterocycles. The van der Waals surface area contributed by atoms with Crippen LogP contribution >= 0.6 is 0 Å². The van der Waals surface area contributed by atoms with Crippen LogP contribution in [-0.4, -0.2) is 30.7 Å². The Bertz CT molecular complexity index is 404. The van der Waals surface area contributed by atoms with Crippen LogP contribution in [0.2, 0.25) is 0 Å². The fourth-order valence-electron chi connectivity index (χ4n) is 0.745. The molecule has 78 valence electrons. The van der Waals surface area contributed by atoms with E-state index in [1.807, 2.05) is 0 Å². The Morgan fingerprint density at radius 3 is 2.86 bits per heavy atom. The summed E-state index contributed by atoms with van der Waals surface area (Å²) < 4.78 is 26.1. The van der Waals surface area contributed by atoms with Crippen LogP contribution in [0.4, 0.5) is 0 Å². The summed E-state index contributed by atoms with van der Waals surface area (Å²) in [5.41, 5.74) is 0.755. The average molecular weight is 217 g/mol. The Labute approximate surface area is 82.2 Å². The quantitative estimate of drug-likeness (QED) is 0.730. The number of sulfonamides is 1. The molecule has 14 heavy (non-hydrogen) atoms. The molecule has 1 rings (SSSR count). The highest BCUT2D eigenvalue weighted by Gasteiger charge is 2.03. The van der Waals surface area contributed by atoms with E-state index in [1.54, 1.807) is 13.0 Å². The molecule has 0 aliphatic rings. The van der Waals surface area contributed by atoms with Gasteiger partial charge >= 0.3 is 6.01 Å². The first kappa shape index (κ1) is 10.9. The largest absolute Gasteiger partial charge is 0.462 e. The predicted octanol–water partition coefficient (Wildman–Crippen LogP) is -0.548. The summed E-state index contributed by atoms with van der Waals surface area (Å²) in [4.78, 5) is 7.71. The van der Waals surface area contributed by atoms with Crippen LogP contribution < -0.4 is 9.88 Å². The molecular weight excluding hydrogens is 206 g/mol. The molecule has 6 nitrogen and oxygen atoms in total. The standard InChI is InChI=1S/C7H11N3O3S/c1-6-2-3-9-7(10-6)13-4-5-14(8,11)12/h2-3H,4-5H2,1H3,(H2,8,11,12). The molecular formula is C7H11N3O3S. The minimum absolute atomic E-state index is 0.0394. The van der Waals surface area contributed by atoms with Crippen molar-refractivity contribution in [1.29, 1.82) is 0 Å². The Balaban J connectivity index is 2.47. The number of nitrogens with zero attached hydrogens (tertiary/aromatic N) is 2. The molecule has 1 aromatic rings. The van der Waals surface area contributed by atoms with Crippen molar-refractivity contribution in [2.45, 2.75) is 6.92 Å². The number of aromatic nitrogens is 2. The molecule has 0 amide bonds. The van der Waals surface area contributed by atoms with Crippen LogP contribution in [0.15, 0.2) is 12.3 Å². The molecule has 0 radical (unpaired) electrons. The smallest absolute Gasteiger partial charge is 0.316 e. The van der Waals surface area contributed by atoms with Crippen molar-refractivity contribution < 1.29 is 13.2 Å². The van der Waals surface area contributed by atoms with Gasteiger partial charge < -0.3 is 4.74 Å². The lowest BCUT2D eigenvalue weighted by Crippen LogP contribution is -2.21. The number of primary sulfonamides is 1. The molecule has 0 unspecified atom stereocenters. The lowest BCUT2D eigenvalue weighted by molar-refractivity contribution is 0.312. The highest BCUT2D eigenvalue weighted by molar-refractivity contribution is 7.89. The Kier molecular flexibility index (Phi) is 3.37. The molecule has 1 aromatic heterocycles. The maximum atomic E-state index is 10.5. The van der Waals surface area contributed by atoms with E-state index in [4.69, 9.17) is 9.88 Å². The second-order valence-electron chi connectivity index (χ2n) is 2.70. The molecule has 2 N–H and O–H groups in total. The van der Waals surface area contributed by atoms with Crippen molar-refractivity contribution in [1.82, 2.24) is 9.97 Å². The summed E-state index contributed by atoms with van der Waals surface area (Å²) in [6.07, 6.45) is 1.54. The second kappa shape index (κ2) is 4.34. The van der Waals surface area contributed by atoms with Crippen molar-refractivity contribution in [3.05, 3.63) is 18.0 Å². The van der Waals surface area contributed by atoms with Crippen molar-refractivity contribution in [2.75, 3.05) is 12.4 Å². The summed E-state index contributed by atoms with van der Waals surface area (Å²) in [5, 5.41) is 4.78. The fraction of sp³-hybridized carbons (Fsp3) is 0.429. The van der Waals surface area contributed by atoms with E-state index in [2.05, 4.69) is 9.97 Å². The third kappa shape index (κ3) is 4.15. The maximum absolute atomic E-state index is 10.5. The number of hydrogen-bond acceptors (Lipinski definition) is 5. The first-order chi connectivity index (χ1) is 6.47. The third-order valence-corrected chi connectivity index (χ3v) is 2.11. The first-order valence-corrected chi connectivity index (χ1v) is 5.62. The van der Waals surface area contributed by atoms with Crippen molar-refractivity contribution in [3.8, 4) is 6.01 Å². The van der Waals surface area contributed by atoms with E-state index in [0.717, 1.165) is 5.69 Å². The zero-order chi connectivity index (χ0) is 10.6. The number of aryl methyl sites for hydroxylation is 1. The van der Waals surface area contributed by atoms with E-state index in [9.17, 15) is 8.42 Å². The molecule has 0 fully saturated rings. The van der Waals surface area contributed by atoms with Crippen molar-refractivity contribution in [2.24, 2.45) is 5.14 Å². The molecule has 0 atom stereocenters. The van der Waals surface area contributed by atoms with Crippen LogP contribution in [0.25, 0.3) is 0 Å². The second-order valence-corrected chi connectivity index (χ2v) is 4.43. The number of ether oxygens (including phenoxy) is 1. The normalized spacial score (nSPS) is 11.3. The number of hydrogen-bond donors (Lipinski definition) is 1. The number of nitrogens with two attached hydrogens (primary N) is 1. The Hall–Kier alpha value is -1.21. The van der Waals surface area contributed by atoms with E-state index in [0.29, 0.717) is 0 Å². The monoisotopic (exact) mass is 217 g/mol. The van der Waals surface area contributed by atoms with Crippen LogP contribution in [0.5, 0.6) is 6.01 Å². The van der Waals surface area contributed by atoms with Crippen LogP contribution in [0.1, 0.15) is 5.69 Å². The van der Waals surface area contributed by atoms with E-state index in [1.165, 1.54) is 6.20 Å². The van der Waals surface area contributed by atoms with Gasteiger partial charge in [-0.15, -0.1) is 0 Å². The summed E-state index contributed by atoms with van der Waals surface area (Å²) in [5.74, 6) is -0.246. The van der Waals surface area contributed by atoms with Gasteiger partial charge in [-0.2, -0.15) is 0 Å². The van der Waals surface area contributed by atoms with Gasteiger partial charge in [-0.3, -0.25) is 0 Å². The topological polar surface area (TPSA) is 95.2 Å². The van der Waals surface area contributed by atoms with Gasteiger partial charge in [0, 0.05) is 11.9 Å². The van der Waals surface area contributed by atoms with Crippen LogP contribution in [0, 0.1) is 6.92 Å². The first-order valence-electron chi connectivity index (χ1n) is 3.90. The summed E-state index contributed by atoms with van der Waals surface area (Å²) in [6, 6.07) is 1.88. The molecule has 0 bridgehead atoms. The SMILES string of the molecule is Cc1ccnc(OCCS(N)(=O)=O)n1. The highest BCUT2D eigenvalue weighted by Crippen LogP contribution is 2.01. The maximum Gasteiger partial charge on any atom is 0.316 e. The molecule has 0 aliphatic heterocycles. The lowest BCUT2D eigenvalue weighted by Gasteiger charge is -2.02. The third-order valence-electron chi connectivity index (χ3n) is 1.37. The van der Waals surface area contributed by atoms with E-state index < -0.39 is 10.0 Å². The minimum atomic E-state index is -3.48. The van der Waals surface area contributed by atoms with E-state index in [-0.39, 0.29) is 18.4 Å². The van der Waals surface area contributed by atoms with Gasteiger partial charge in [0.1, 0.15) is 6.61 Å². The molecule has 0 spiro atoms. The minimum Gasteiger partial charge on any atom is -0.462 e. The lowest BCUT2D eigenvalue weighted by atomic mass is 10.5. The number of rotatable bonds is 4. The summed E-state index contributed by atoms with van der Waals surface area (Å²) >= 11 is 0. The molecule has 0 aliphatic carbocycles. The Morgan fingerprint density at radius 1 is 1.57 bits per heavy atom. The van der Waals surface area contributed by atoms with Gasteiger partial charge in [0.2, 0.25) is 10.0 Å². The summed E-state index contributed by atoms with van der Waals surface area (Å²) in [6.45, 7) is 1.75. The van der Waals surface area contributed by atoms with Gasteiger partial charge in [0.05, 0.1) is 5.75 Å². The van der Waals surface area contributed by atoms with Crippen LogP contribution in [0.3, 0.4) is 0 Å². The average Bonchev–Trinajstić information content (AvgIpc) is 2.01. The fourth-order valence-corrected chi connectivity index (χ4v) is 1.06. The van der Waals surface area contributed by atoms with Gasteiger partial charge in [0.25, 0.3) is 0 Å². The van der Waals surface area contributed by atoms with Crippen molar-refractivity contribution >= 4 is 10.0 Å². The molecule has 0 aromatic carbocycles. The zero-order valence-corrected chi connectivity index (χ0v) is 8.49. The summed E-state index contributed by atoms with van der Waals surface area (Å²) in [7, 11) is -3.48. The van der Waals surface area contributed by atoms with Gasteiger partial charge in [-0.05, 0) is 13.0 Å². The van der Waals surface area contributed by atoms with Gasteiger partial charge in [-0.1, -0.05) is 0 Å². The highest BCUT2D eigenvalue weighted by atomic mass is 32.2. The predicted molar refractivity (Wildman–Crippen MR) is 50.2 cm³/mol. The zero-order valence-electron chi connectivity index (χ0n) is 7.67. The van der Waals surface area contributed by atoms with E-state index >= 15 is 0 Å². The van der Waals surface area contributed by atoms with Crippen molar-refractivity contribution in [3.63, 3.8) is 0 Å². The van der Waals surface area contributed by atoms with Gasteiger partial charge in [0.15, 0.2) is 0 Å². The Morgan fingerprint density at radius 2 is 2.29 bits per heavy atom. The van der Waals surface area contributed by atoms with Crippen LogP contribution in [-0.2, 0) is 10.0 Å². The van der Waals surface area contributed by atoms with Gasteiger partial charge in [-0.25, -0.2) is 23.5 Å².